The summed E-state index contributed by atoms with van der Waals surface area (Å²) in [5.41, 5.74) is -0.199. The Labute approximate surface area is 129 Å². The van der Waals surface area contributed by atoms with E-state index in [1.54, 1.807) is 6.92 Å². The van der Waals surface area contributed by atoms with Gasteiger partial charge in [-0.05, 0) is 25.3 Å². The summed E-state index contributed by atoms with van der Waals surface area (Å²) in [7, 11) is 0. The predicted molar refractivity (Wildman–Crippen MR) is 75.1 cm³/mol. The maximum Gasteiger partial charge on any atom is 0.417 e. The fourth-order valence-electron chi connectivity index (χ4n) is 2.27. The maximum absolute atomic E-state index is 12.9. The van der Waals surface area contributed by atoms with E-state index in [-0.39, 0.29) is 22.4 Å². The van der Waals surface area contributed by atoms with Crippen molar-refractivity contribution in [1.29, 1.82) is 0 Å². The number of nitrogens with zero attached hydrogens (tertiary/aromatic N) is 2. The molecular formula is C14H13ClF3N3O. The lowest BCUT2D eigenvalue weighted by Gasteiger charge is -2.10. The lowest BCUT2D eigenvalue weighted by Crippen LogP contribution is -2.27. The number of carbonyl (C=O) groups is 1. The van der Waals surface area contributed by atoms with Gasteiger partial charge in [0.05, 0.1) is 16.3 Å². The Morgan fingerprint density at radius 3 is 2.73 bits per heavy atom. The van der Waals surface area contributed by atoms with Gasteiger partial charge in [-0.2, -0.15) is 13.2 Å². The summed E-state index contributed by atoms with van der Waals surface area (Å²) in [5.74, 6) is -0.415. The number of alkyl halides is 3. The number of nitrogens with one attached hydrogen (secondary N) is 1. The van der Waals surface area contributed by atoms with E-state index in [2.05, 4.69) is 10.3 Å². The van der Waals surface area contributed by atoms with Crippen molar-refractivity contribution in [2.75, 3.05) is 0 Å². The zero-order valence-electron chi connectivity index (χ0n) is 11.7. The minimum atomic E-state index is -4.54. The molecule has 1 amide bonds. The van der Waals surface area contributed by atoms with Crippen molar-refractivity contribution in [3.63, 3.8) is 0 Å². The Kier molecular flexibility index (Phi) is 3.55. The highest BCUT2D eigenvalue weighted by atomic mass is 35.5. The normalized spacial score (nSPS) is 15.3. The first-order valence-electron chi connectivity index (χ1n) is 6.89. The van der Waals surface area contributed by atoms with Crippen LogP contribution in [0.25, 0.3) is 5.65 Å². The number of hydrogen-bond donors (Lipinski definition) is 1. The number of hydrogen-bond acceptors (Lipinski definition) is 2. The van der Waals surface area contributed by atoms with Gasteiger partial charge < -0.3 is 5.32 Å². The molecule has 2 aromatic rings. The summed E-state index contributed by atoms with van der Waals surface area (Å²) in [6.07, 6.45) is -1.47. The number of pyridine rings is 1. The smallest absolute Gasteiger partial charge is 0.348 e. The van der Waals surface area contributed by atoms with Crippen LogP contribution in [-0.2, 0) is 12.6 Å². The molecule has 0 bridgehead atoms. The number of carbonyl (C=O) groups excluding carboxylic acids is 1. The molecule has 1 N–H and O–H groups in total. The first-order valence-corrected chi connectivity index (χ1v) is 7.27. The Morgan fingerprint density at radius 1 is 1.50 bits per heavy atom. The highest BCUT2D eigenvalue weighted by Crippen LogP contribution is 2.33. The zero-order chi connectivity index (χ0) is 16.1. The molecule has 2 aromatic heterocycles. The SMILES string of the molecule is CCc1nc2c(Cl)cc(C(F)(F)F)cn2c1C(=O)NC1CC1. The van der Waals surface area contributed by atoms with E-state index in [0.717, 1.165) is 29.5 Å². The fourth-order valence-corrected chi connectivity index (χ4v) is 2.53. The Balaban J connectivity index is 2.19. The molecule has 0 unspecified atom stereocenters. The number of aromatic nitrogens is 2. The van der Waals surface area contributed by atoms with E-state index in [1.165, 1.54) is 0 Å². The van der Waals surface area contributed by atoms with Crippen LogP contribution in [0, 0.1) is 0 Å². The average Bonchev–Trinajstić information content (AvgIpc) is 3.15. The van der Waals surface area contributed by atoms with Crippen molar-refractivity contribution < 1.29 is 18.0 Å². The van der Waals surface area contributed by atoms with Crippen LogP contribution in [-0.4, -0.2) is 21.3 Å². The van der Waals surface area contributed by atoms with Gasteiger partial charge in [-0.15, -0.1) is 0 Å². The molecule has 0 aromatic carbocycles. The third kappa shape index (κ3) is 2.65. The van der Waals surface area contributed by atoms with Crippen molar-refractivity contribution >= 4 is 23.2 Å². The van der Waals surface area contributed by atoms with Crippen LogP contribution in [0.3, 0.4) is 0 Å². The van der Waals surface area contributed by atoms with Crippen LogP contribution in [0.5, 0.6) is 0 Å². The van der Waals surface area contributed by atoms with Gasteiger partial charge in [0.2, 0.25) is 0 Å². The minimum Gasteiger partial charge on any atom is -0.348 e. The molecule has 1 aliphatic carbocycles. The molecule has 0 aliphatic heterocycles. The lowest BCUT2D eigenvalue weighted by molar-refractivity contribution is -0.137. The summed E-state index contributed by atoms with van der Waals surface area (Å²) >= 11 is 5.92. The molecule has 0 spiro atoms. The number of aryl methyl sites for hydroxylation is 1. The molecule has 3 rings (SSSR count). The van der Waals surface area contributed by atoms with E-state index in [9.17, 15) is 18.0 Å². The number of fused-ring (bicyclic) bond motifs is 1. The zero-order valence-corrected chi connectivity index (χ0v) is 12.4. The molecule has 1 fully saturated rings. The number of rotatable bonds is 3. The second kappa shape index (κ2) is 5.15. The summed E-state index contributed by atoms with van der Waals surface area (Å²) < 4.78 is 40.0. The topological polar surface area (TPSA) is 46.4 Å². The van der Waals surface area contributed by atoms with Gasteiger partial charge in [-0.25, -0.2) is 4.98 Å². The fraction of sp³-hybridized carbons (Fsp3) is 0.429. The maximum atomic E-state index is 12.9. The summed E-state index contributed by atoms with van der Waals surface area (Å²) in [5, 5.41) is 2.65. The Bertz CT molecular complexity index is 750. The van der Waals surface area contributed by atoms with Gasteiger partial charge in [-0.3, -0.25) is 9.20 Å². The first kappa shape index (κ1) is 15.1. The largest absolute Gasteiger partial charge is 0.417 e. The summed E-state index contributed by atoms with van der Waals surface area (Å²) in [4.78, 5) is 16.5. The van der Waals surface area contributed by atoms with Crippen LogP contribution in [0.15, 0.2) is 12.3 Å². The van der Waals surface area contributed by atoms with E-state index in [0.29, 0.717) is 12.1 Å². The molecule has 0 saturated heterocycles. The molecular weight excluding hydrogens is 319 g/mol. The van der Waals surface area contributed by atoms with Crippen LogP contribution in [0.1, 0.15) is 41.5 Å². The van der Waals surface area contributed by atoms with Crippen molar-refractivity contribution in [2.24, 2.45) is 0 Å². The molecule has 0 atom stereocenters. The van der Waals surface area contributed by atoms with E-state index < -0.39 is 17.6 Å². The van der Waals surface area contributed by atoms with Crippen molar-refractivity contribution in [2.45, 2.75) is 38.4 Å². The monoisotopic (exact) mass is 331 g/mol. The van der Waals surface area contributed by atoms with Crippen LogP contribution in [0.2, 0.25) is 5.02 Å². The van der Waals surface area contributed by atoms with Crippen LogP contribution in [0.4, 0.5) is 13.2 Å². The summed E-state index contributed by atoms with van der Waals surface area (Å²) in [6.45, 7) is 1.79. The van der Waals surface area contributed by atoms with E-state index >= 15 is 0 Å². The third-order valence-electron chi connectivity index (χ3n) is 3.54. The molecule has 1 saturated carbocycles. The number of amides is 1. The van der Waals surface area contributed by atoms with Gasteiger partial charge in [0.1, 0.15) is 5.69 Å². The van der Waals surface area contributed by atoms with Gasteiger partial charge in [-0.1, -0.05) is 18.5 Å². The van der Waals surface area contributed by atoms with Crippen molar-refractivity contribution in [1.82, 2.24) is 14.7 Å². The standard InChI is InChI=1S/C14H13ClF3N3O/c1-2-10-11(13(22)19-8-3-4-8)21-6-7(14(16,17)18)5-9(15)12(21)20-10/h5-6,8H,2-4H2,1H3,(H,19,22). The van der Waals surface area contributed by atoms with Crippen molar-refractivity contribution in [3.05, 3.63) is 34.2 Å². The molecule has 8 heteroatoms. The number of halogens is 4. The highest BCUT2D eigenvalue weighted by Gasteiger charge is 2.33. The average molecular weight is 332 g/mol. The van der Waals surface area contributed by atoms with Crippen molar-refractivity contribution in [3.8, 4) is 0 Å². The molecule has 2 heterocycles. The predicted octanol–water partition coefficient (Wildman–Crippen LogP) is 3.46. The van der Waals surface area contributed by atoms with Gasteiger partial charge in [0, 0.05) is 12.2 Å². The van der Waals surface area contributed by atoms with Crippen LogP contribution < -0.4 is 5.32 Å². The molecule has 0 radical (unpaired) electrons. The molecule has 22 heavy (non-hydrogen) atoms. The quantitative estimate of drug-likeness (QED) is 0.936. The Hall–Kier alpha value is -1.76. The molecule has 118 valence electrons. The Morgan fingerprint density at radius 2 is 2.18 bits per heavy atom. The lowest BCUT2D eigenvalue weighted by atomic mass is 10.2. The molecule has 4 nitrogen and oxygen atoms in total. The number of imidazole rings is 1. The second-order valence-corrected chi connectivity index (χ2v) is 5.68. The third-order valence-corrected chi connectivity index (χ3v) is 3.82. The van der Waals surface area contributed by atoms with E-state index in [4.69, 9.17) is 11.6 Å². The van der Waals surface area contributed by atoms with Gasteiger partial charge in [0.25, 0.3) is 5.91 Å². The highest BCUT2D eigenvalue weighted by molar-refractivity contribution is 6.33. The summed E-state index contributed by atoms with van der Waals surface area (Å²) in [6, 6.07) is 0.926. The van der Waals surface area contributed by atoms with Crippen LogP contribution >= 0.6 is 11.6 Å². The van der Waals surface area contributed by atoms with E-state index in [1.807, 2.05) is 0 Å². The second-order valence-electron chi connectivity index (χ2n) is 5.28. The van der Waals surface area contributed by atoms with Gasteiger partial charge in [0.15, 0.2) is 5.65 Å². The molecule has 1 aliphatic rings. The first-order chi connectivity index (χ1) is 10.3. The minimum absolute atomic E-state index is 0.101. The van der Waals surface area contributed by atoms with Gasteiger partial charge >= 0.3 is 6.18 Å².